The monoisotopic (exact) mass is 774 g/mol. The average Bonchev–Trinajstić information content (AvgIpc) is 3.12. The van der Waals surface area contributed by atoms with Crippen LogP contribution in [0.1, 0.15) is 149 Å². The Morgan fingerprint density at radius 2 is 1.19 bits per heavy atom. The Labute approximate surface area is 319 Å². The van der Waals surface area contributed by atoms with E-state index in [-0.39, 0.29) is 19.4 Å². The first kappa shape index (κ1) is 48.9. The van der Waals surface area contributed by atoms with E-state index >= 15 is 0 Å². The molecule has 53 heavy (non-hydrogen) atoms. The second-order valence-corrected chi connectivity index (χ2v) is 15.4. The van der Waals surface area contributed by atoms with Gasteiger partial charge in [0.05, 0.1) is 6.61 Å². The number of esters is 2. The van der Waals surface area contributed by atoms with E-state index in [9.17, 15) is 37.9 Å². The van der Waals surface area contributed by atoms with Gasteiger partial charge in [0, 0.05) is 12.8 Å². The molecule has 0 aromatic heterocycles. The highest BCUT2D eigenvalue weighted by Crippen LogP contribution is 2.24. The molecule has 1 aliphatic heterocycles. The van der Waals surface area contributed by atoms with Crippen LogP contribution in [0.4, 0.5) is 0 Å². The van der Waals surface area contributed by atoms with Gasteiger partial charge < -0.3 is 34.3 Å². The largest absolute Gasteiger partial charge is 0.462 e. The molecule has 308 valence electrons. The number of carbonyl (C=O) groups is 2. The van der Waals surface area contributed by atoms with Crippen LogP contribution >= 0.6 is 0 Å². The number of hydrogen-bond acceptors (Lipinski definition) is 11. The van der Waals surface area contributed by atoms with Crippen LogP contribution in [0.2, 0.25) is 0 Å². The molecule has 1 saturated heterocycles. The second-order valence-electron chi connectivity index (χ2n) is 13.9. The standard InChI is InChI=1S/C40H70O12S/c1-3-5-7-9-11-13-15-16-17-18-19-21-22-24-26-28-35(41)49-30-33(51-36(42)29-27-25-23-20-14-12-10-8-6-4-2)31-50-40-39(45)38(44)37(43)34(52-40)32-53(46,47)48/h5,7,11,13,16-17,33-34,37-40,43-45H,3-4,6,8-10,12,14-15,18-32H2,1-2H3,(H,46,47,48)/b7-5+,13-11+,17-16+/t33-,34-,37-,38?,39?,40+/m1/s1. The molecule has 1 fully saturated rings. The maximum Gasteiger partial charge on any atom is 0.306 e. The zero-order chi connectivity index (χ0) is 39.2. The van der Waals surface area contributed by atoms with Crippen LogP contribution in [0.5, 0.6) is 0 Å². The third-order valence-electron chi connectivity index (χ3n) is 8.98. The SMILES string of the molecule is CC/C=C/C/C=C/C/C=C/CCCCCCCC(=O)OC[C@H](CO[C@H]1O[C@H](CS(=O)(=O)O)[C@@H](O)C(O)C1O)OC(=O)CCCCCCCCCCCC. The zero-order valence-corrected chi connectivity index (χ0v) is 33.2. The lowest BCUT2D eigenvalue weighted by molar-refractivity contribution is -0.297. The van der Waals surface area contributed by atoms with Crippen molar-refractivity contribution in [2.45, 2.75) is 185 Å². The lowest BCUT2D eigenvalue weighted by Gasteiger charge is -2.40. The van der Waals surface area contributed by atoms with E-state index in [0.717, 1.165) is 70.6 Å². The Kier molecular flexibility index (Phi) is 28.7. The number of unbranched alkanes of at least 4 members (excludes halogenated alkanes) is 14. The van der Waals surface area contributed by atoms with E-state index in [1.807, 2.05) is 0 Å². The maximum absolute atomic E-state index is 12.7. The summed E-state index contributed by atoms with van der Waals surface area (Å²) in [4.78, 5) is 25.2. The molecule has 0 amide bonds. The summed E-state index contributed by atoms with van der Waals surface area (Å²) >= 11 is 0. The number of aliphatic hydroxyl groups is 3. The summed E-state index contributed by atoms with van der Waals surface area (Å²) in [5.74, 6) is -2.01. The van der Waals surface area contributed by atoms with Crippen molar-refractivity contribution >= 4 is 22.1 Å². The molecular weight excluding hydrogens is 704 g/mol. The first-order valence-electron chi connectivity index (χ1n) is 20.0. The molecular formula is C40H70O12S. The molecule has 13 heteroatoms. The van der Waals surface area contributed by atoms with Gasteiger partial charge in [-0.25, -0.2) is 0 Å². The number of aliphatic hydroxyl groups excluding tert-OH is 3. The third-order valence-corrected chi connectivity index (χ3v) is 9.73. The molecule has 1 rings (SSSR count). The summed E-state index contributed by atoms with van der Waals surface area (Å²) in [6.45, 7) is 3.59. The van der Waals surface area contributed by atoms with E-state index in [4.69, 9.17) is 18.9 Å². The highest BCUT2D eigenvalue weighted by Gasteiger charge is 2.46. The van der Waals surface area contributed by atoms with E-state index < -0.39 is 71.2 Å². The van der Waals surface area contributed by atoms with Gasteiger partial charge in [-0.1, -0.05) is 127 Å². The minimum Gasteiger partial charge on any atom is -0.462 e. The summed E-state index contributed by atoms with van der Waals surface area (Å²) in [5, 5.41) is 30.7. The predicted octanol–water partition coefficient (Wildman–Crippen LogP) is 7.05. The fourth-order valence-electron chi connectivity index (χ4n) is 5.87. The highest BCUT2D eigenvalue weighted by molar-refractivity contribution is 7.85. The first-order valence-corrected chi connectivity index (χ1v) is 21.7. The number of ether oxygens (including phenoxy) is 4. The Hall–Kier alpha value is -2.13. The van der Waals surface area contributed by atoms with Crippen LogP contribution in [-0.2, 0) is 38.7 Å². The fourth-order valence-corrected chi connectivity index (χ4v) is 6.56. The fraction of sp³-hybridized carbons (Fsp3) is 0.800. The zero-order valence-electron chi connectivity index (χ0n) is 32.4. The van der Waals surface area contributed by atoms with Crippen molar-refractivity contribution in [1.29, 1.82) is 0 Å². The third kappa shape index (κ3) is 26.3. The molecule has 6 atom stereocenters. The van der Waals surface area contributed by atoms with Gasteiger partial charge in [0.2, 0.25) is 0 Å². The number of hydrogen-bond donors (Lipinski definition) is 4. The first-order chi connectivity index (χ1) is 25.5. The second kappa shape index (κ2) is 31.1. The molecule has 0 bridgehead atoms. The summed E-state index contributed by atoms with van der Waals surface area (Å²) in [5.41, 5.74) is 0. The van der Waals surface area contributed by atoms with Crippen molar-refractivity contribution in [3.8, 4) is 0 Å². The average molecular weight is 775 g/mol. The van der Waals surface area contributed by atoms with Crippen molar-refractivity contribution in [2.75, 3.05) is 19.0 Å². The topological polar surface area (TPSA) is 186 Å². The molecule has 1 aliphatic rings. The minimum absolute atomic E-state index is 0.161. The number of allylic oxidation sites excluding steroid dienone is 6. The quantitative estimate of drug-likeness (QED) is 0.0237. The van der Waals surface area contributed by atoms with Crippen molar-refractivity contribution in [3.63, 3.8) is 0 Å². The molecule has 4 N–H and O–H groups in total. The number of rotatable bonds is 32. The van der Waals surface area contributed by atoms with Gasteiger partial charge in [0.25, 0.3) is 10.1 Å². The van der Waals surface area contributed by atoms with E-state index in [1.54, 1.807) is 0 Å². The van der Waals surface area contributed by atoms with Crippen LogP contribution < -0.4 is 0 Å². The van der Waals surface area contributed by atoms with Crippen LogP contribution in [0.15, 0.2) is 36.5 Å². The summed E-state index contributed by atoms with van der Waals surface area (Å²) in [6, 6.07) is 0. The molecule has 0 saturated carbocycles. The van der Waals surface area contributed by atoms with E-state index in [2.05, 4.69) is 50.3 Å². The highest BCUT2D eigenvalue weighted by atomic mass is 32.2. The van der Waals surface area contributed by atoms with Gasteiger partial charge in [0.1, 0.15) is 36.8 Å². The normalized spacial score (nSPS) is 21.5. The van der Waals surface area contributed by atoms with E-state index in [0.29, 0.717) is 12.8 Å². The Morgan fingerprint density at radius 1 is 0.660 bits per heavy atom. The van der Waals surface area contributed by atoms with Gasteiger partial charge in [-0.2, -0.15) is 8.42 Å². The lowest BCUT2D eigenvalue weighted by Crippen LogP contribution is -2.60. The van der Waals surface area contributed by atoms with E-state index in [1.165, 1.54) is 38.5 Å². The van der Waals surface area contributed by atoms with Gasteiger partial charge in [0.15, 0.2) is 12.4 Å². The molecule has 0 spiro atoms. The van der Waals surface area contributed by atoms with Crippen LogP contribution in [0, 0.1) is 0 Å². The molecule has 0 radical (unpaired) electrons. The van der Waals surface area contributed by atoms with Gasteiger partial charge in [-0.3, -0.25) is 14.1 Å². The van der Waals surface area contributed by atoms with Crippen LogP contribution in [-0.4, -0.2) is 96.0 Å². The number of carbonyl (C=O) groups excluding carboxylic acids is 2. The van der Waals surface area contributed by atoms with Crippen molar-refractivity contribution in [1.82, 2.24) is 0 Å². The van der Waals surface area contributed by atoms with Gasteiger partial charge in [-0.15, -0.1) is 0 Å². The minimum atomic E-state index is -4.60. The molecule has 0 aromatic carbocycles. The Bertz CT molecular complexity index is 1140. The summed E-state index contributed by atoms with van der Waals surface area (Å²) in [7, 11) is -4.60. The van der Waals surface area contributed by atoms with Crippen LogP contribution in [0.3, 0.4) is 0 Å². The van der Waals surface area contributed by atoms with Crippen molar-refractivity contribution in [3.05, 3.63) is 36.5 Å². The Balaban J connectivity index is 2.50. The summed E-state index contributed by atoms with van der Waals surface area (Å²) in [6.07, 6.45) is 23.5. The molecule has 0 aliphatic carbocycles. The Morgan fingerprint density at radius 3 is 1.77 bits per heavy atom. The molecule has 12 nitrogen and oxygen atoms in total. The van der Waals surface area contributed by atoms with Crippen LogP contribution in [0.25, 0.3) is 0 Å². The predicted molar refractivity (Wildman–Crippen MR) is 206 cm³/mol. The maximum atomic E-state index is 12.7. The molecule has 0 aromatic rings. The van der Waals surface area contributed by atoms with Gasteiger partial charge >= 0.3 is 11.9 Å². The van der Waals surface area contributed by atoms with Gasteiger partial charge in [-0.05, 0) is 44.9 Å². The van der Waals surface area contributed by atoms with Crippen molar-refractivity contribution in [2.24, 2.45) is 0 Å². The van der Waals surface area contributed by atoms with Crippen molar-refractivity contribution < 1.29 is 56.8 Å². The summed E-state index contributed by atoms with van der Waals surface area (Å²) < 4.78 is 53.8. The molecule has 2 unspecified atom stereocenters. The molecule has 1 heterocycles. The smallest absolute Gasteiger partial charge is 0.306 e. The lowest BCUT2D eigenvalue weighted by atomic mass is 10.00.